The van der Waals surface area contributed by atoms with Crippen molar-refractivity contribution in [1.29, 1.82) is 0 Å². The predicted molar refractivity (Wildman–Crippen MR) is 112 cm³/mol. The van der Waals surface area contributed by atoms with Crippen molar-refractivity contribution in [3.63, 3.8) is 0 Å². The van der Waals surface area contributed by atoms with Gasteiger partial charge in [0.05, 0.1) is 4.92 Å². The average molecular weight is 430 g/mol. The number of ether oxygens (including phenoxy) is 3. The lowest BCUT2D eigenvalue weighted by molar-refractivity contribution is -0.386. The molecule has 166 valence electrons. The zero-order chi connectivity index (χ0) is 23.0. The van der Waals surface area contributed by atoms with Gasteiger partial charge in [0.1, 0.15) is 18.9 Å². The van der Waals surface area contributed by atoms with Crippen molar-refractivity contribution in [2.75, 3.05) is 6.73 Å². The molecule has 2 aromatic carbocycles. The Bertz CT molecular complexity index is 923. The number of rotatable bonds is 9. The molecular weight excluding hydrogens is 404 g/mol. The average Bonchev–Trinajstić information content (AvgIpc) is 2.70. The summed E-state index contributed by atoms with van der Waals surface area (Å²) in [6.45, 7) is 4.77. The lowest BCUT2D eigenvalue weighted by atomic mass is 9.98. The maximum absolute atomic E-state index is 12.5. The van der Waals surface area contributed by atoms with Crippen LogP contribution in [-0.2, 0) is 32.1 Å². The molecule has 0 aliphatic heterocycles. The van der Waals surface area contributed by atoms with Gasteiger partial charge in [-0.2, -0.15) is 0 Å². The van der Waals surface area contributed by atoms with Crippen LogP contribution in [0.5, 0.6) is 5.75 Å². The zero-order valence-electron chi connectivity index (χ0n) is 17.7. The second kappa shape index (κ2) is 10.5. The van der Waals surface area contributed by atoms with Gasteiger partial charge in [-0.3, -0.25) is 25.4 Å². The van der Waals surface area contributed by atoms with Crippen LogP contribution in [0.15, 0.2) is 48.5 Å². The summed E-state index contributed by atoms with van der Waals surface area (Å²) in [5, 5.41) is 11.4. The van der Waals surface area contributed by atoms with E-state index in [0.29, 0.717) is 5.56 Å². The molecule has 0 radical (unpaired) electrons. The molecule has 9 heteroatoms. The predicted octanol–water partition coefficient (Wildman–Crippen LogP) is 3.13. The fraction of sp³-hybridized carbons (Fsp3) is 0.364. The maximum atomic E-state index is 12.5. The lowest BCUT2D eigenvalue weighted by Crippen LogP contribution is -2.35. The van der Waals surface area contributed by atoms with Gasteiger partial charge in [-0.05, 0) is 44.4 Å². The van der Waals surface area contributed by atoms with Crippen LogP contribution in [-0.4, -0.2) is 29.2 Å². The molecule has 0 aliphatic carbocycles. The first-order chi connectivity index (χ1) is 14.6. The number of esters is 2. The van der Waals surface area contributed by atoms with Crippen molar-refractivity contribution in [2.24, 2.45) is 11.7 Å². The summed E-state index contributed by atoms with van der Waals surface area (Å²) in [4.78, 5) is 35.7. The highest BCUT2D eigenvalue weighted by Crippen LogP contribution is 2.30. The number of nitro groups is 1. The van der Waals surface area contributed by atoms with Crippen LogP contribution in [0.25, 0.3) is 0 Å². The van der Waals surface area contributed by atoms with Crippen molar-refractivity contribution in [3.05, 3.63) is 69.8 Å². The van der Waals surface area contributed by atoms with Gasteiger partial charge >= 0.3 is 17.6 Å². The number of hydrogen-bond donors (Lipinski definition) is 1. The smallest absolute Gasteiger partial charge is 0.321 e. The van der Waals surface area contributed by atoms with Gasteiger partial charge in [0.25, 0.3) is 0 Å². The number of benzene rings is 2. The second-order valence-electron chi connectivity index (χ2n) is 7.75. The minimum absolute atomic E-state index is 0.0292. The number of hydrogen-bond acceptors (Lipinski definition) is 8. The summed E-state index contributed by atoms with van der Waals surface area (Å²) >= 11 is 0. The molecule has 0 bridgehead atoms. The summed E-state index contributed by atoms with van der Waals surface area (Å²) in [7, 11) is 0. The van der Waals surface area contributed by atoms with Gasteiger partial charge in [0, 0.05) is 6.07 Å². The van der Waals surface area contributed by atoms with E-state index in [9.17, 15) is 19.7 Å². The Balaban J connectivity index is 2.28. The topological polar surface area (TPSA) is 131 Å². The van der Waals surface area contributed by atoms with E-state index >= 15 is 0 Å². The molecule has 2 N–H and O–H groups in total. The molecule has 0 aromatic heterocycles. The molecule has 9 nitrogen and oxygen atoms in total. The van der Waals surface area contributed by atoms with E-state index in [-0.39, 0.29) is 31.2 Å². The molecule has 0 heterocycles. The quantitative estimate of drug-likeness (QED) is 0.211. The molecule has 0 spiro atoms. The van der Waals surface area contributed by atoms with Crippen LogP contribution in [0.3, 0.4) is 0 Å². The highest BCUT2D eigenvalue weighted by molar-refractivity contribution is 5.95. The minimum Gasteiger partial charge on any atom is -0.482 e. The fourth-order valence-electron chi connectivity index (χ4n) is 2.74. The number of nitro benzene ring substituents is 1. The van der Waals surface area contributed by atoms with E-state index in [1.54, 1.807) is 20.8 Å². The van der Waals surface area contributed by atoms with Gasteiger partial charge in [0.2, 0.25) is 0 Å². The number of nitrogens with two attached hydrogens (primary N) is 1. The third-order valence-corrected chi connectivity index (χ3v) is 4.10. The third-order valence-electron chi connectivity index (χ3n) is 4.10. The number of carbonyl (C=O) groups is 2. The number of carbonyl (C=O) groups excluding carboxylic acids is 2. The monoisotopic (exact) mass is 430 g/mol. The van der Waals surface area contributed by atoms with Crippen molar-refractivity contribution in [2.45, 2.75) is 39.4 Å². The highest BCUT2D eigenvalue weighted by Gasteiger charge is 2.33. The van der Waals surface area contributed by atoms with E-state index in [1.807, 2.05) is 30.3 Å². The van der Waals surface area contributed by atoms with E-state index in [4.69, 9.17) is 19.9 Å². The first kappa shape index (κ1) is 23.8. The molecular formula is C22H26N2O7. The van der Waals surface area contributed by atoms with Gasteiger partial charge in [-0.15, -0.1) is 0 Å². The van der Waals surface area contributed by atoms with Crippen molar-refractivity contribution >= 4 is 17.6 Å². The van der Waals surface area contributed by atoms with E-state index in [0.717, 1.165) is 5.56 Å². The van der Waals surface area contributed by atoms with Crippen molar-refractivity contribution in [1.82, 2.24) is 0 Å². The minimum atomic E-state index is -1.27. The Morgan fingerprint density at radius 1 is 1.06 bits per heavy atom. The van der Waals surface area contributed by atoms with Crippen LogP contribution >= 0.6 is 0 Å². The third kappa shape index (κ3) is 7.38. The molecule has 1 unspecified atom stereocenters. The van der Waals surface area contributed by atoms with Crippen LogP contribution in [0.4, 0.5) is 5.69 Å². The summed E-state index contributed by atoms with van der Waals surface area (Å²) in [5.41, 5.74) is 5.54. The molecule has 0 aliphatic rings. The van der Waals surface area contributed by atoms with E-state index in [2.05, 4.69) is 0 Å². The molecule has 0 amide bonds. The van der Waals surface area contributed by atoms with Crippen LogP contribution < -0.4 is 10.5 Å². The SMILES string of the molecule is CC(C)(C)OC(=O)C(Cc1ccc([N+](=O)[O-])c(OCc2ccccc2)c1)C(=O)OCN. The first-order valence-electron chi connectivity index (χ1n) is 9.64. The second-order valence-corrected chi connectivity index (χ2v) is 7.75. The molecule has 31 heavy (non-hydrogen) atoms. The zero-order valence-corrected chi connectivity index (χ0v) is 17.7. The summed E-state index contributed by atoms with van der Waals surface area (Å²) in [6.07, 6.45) is -0.0898. The van der Waals surface area contributed by atoms with Crippen molar-refractivity contribution in [3.8, 4) is 5.75 Å². The molecule has 2 rings (SSSR count). The van der Waals surface area contributed by atoms with Gasteiger partial charge in [-0.1, -0.05) is 36.4 Å². The standard InChI is InChI=1S/C22H26N2O7/c1-22(2,3)31-21(26)17(20(25)30-14-23)11-16-9-10-18(24(27)28)19(12-16)29-13-15-7-5-4-6-8-15/h4-10,12,17H,11,13-14,23H2,1-3H3. The van der Waals surface area contributed by atoms with E-state index < -0.39 is 28.4 Å². The summed E-state index contributed by atoms with van der Waals surface area (Å²) < 4.78 is 15.8. The molecule has 0 fully saturated rings. The fourth-order valence-corrected chi connectivity index (χ4v) is 2.74. The highest BCUT2D eigenvalue weighted by atomic mass is 16.6. The van der Waals surface area contributed by atoms with Crippen molar-refractivity contribution < 1.29 is 28.7 Å². The largest absolute Gasteiger partial charge is 0.482 e. The summed E-state index contributed by atoms with van der Waals surface area (Å²) in [6, 6.07) is 13.3. The van der Waals surface area contributed by atoms with Gasteiger partial charge < -0.3 is 14.2 Å². The van der Waals surface area contributed by atoms with Gasteiger partial charge in [0.15, 0.2) is 11.7 Å². The Labute approximate surface area is 180 Å². The Morgan fingerprint density at radius 2 is 1.74 bits per heavy atom. The van der Waals surface area contributed by atoms with Gasteiger partial charge in [-0.25, -0.2) is 0 Å². The molecule has 0 saturated carbocycles. The Morgan fingerprint density at radius 3 is 2.32 bits per heavy atom. The Hall–Kier alpha value is -3.46. The molecule has 0 saturated heterocycles. The maximum Gasteiger partial charge on any atom is 0.321 e. The van der Waals surface area contributed by atoms with Crippen LogP contribution in [0.1, 0.15) is 31.9 Å². The normalized spacial score (nSPS) is 12.0. The molecule has 1 atom stereocenters. The lowest BCUT2D eigenvalue weighted by Gasteiger charge is -2.23. The van der Waals surface area contributed by atoms with Crippen LogP contribution in [0, 0.1) is 16.0 Å². The Kier molecular flexibility index (Phi) is 8.09. The first-order valence-corrected chi connectivity index (χ1v) is 9.64. The van der Waals surface area contributed by atoms with E-state index in [1.165, 1.54) is 18.2 Å². The molecule has 2 aromatic rings. The number of nitrogens with zero attached hydrogens (tertiary/aromatic N) is 1. The summed E-state index contributed by atoms with van der Waals surface area (Å²) in [5.74, 6) is -2.84. The van der Waals surface area contributed by atoms with Crippen LogP contribution in [0.2, 0.25) is 0 Å².